The molecule has 1 unspecified atom stereocenters. The van der Waals surface area contributed by atoms with E-state index in [-0.39, 0.29) is 11.8 Å². The largest absolute Gasteiger partial charge is 0.356 e. The van der Waals surface area contributed by atoms with Crippen molar-refractivity contribution in [1.29, 1.82) is 0 Å². The zero-order chi connectivity index (χ0) is 20.1. The van der Waals surface area contributed by atoms with E-state index in [2.05, 4.69) is 58.4 Å². The molecule has 1 amide bonds. The molecule has 2 aromatic carbocycles. The maximum Gasteiger partial charge on any atom is 0.220 e. The van der Waals surface area contributed by atoms with Crippen molar-refractivity contribution in [3.63, 3.8) is 0 Å². The molecule has 0 fully saturated rings. The molecule has 2 heterocycles. The smallest absolute Gasteiger partial charge is 0.220 e. The highest BCUT2D eigenvalue weighted by molar-refractivity contribution is 5.86. The Kier molecular flexibility index (Phi) is 5.71. The number of amides is 1. The average molecular weight is 383 g/mol. The van der Waals surface area contributed by atoms with Crippen LogP contribution < -0.4 is 5.32 Å². The number of hydrogen-bond donors (Lipinski definition) is 1. The predicted octanol–water partition coefficient (Wildman–Crippen LogP) is 4.45. The van der Waals surface area contributed by atoms with Crippen molar-refractivity contribution in [1.82, 2.24) is 14.9 Å². The molecule has 2 aromatic heterocycles. The second kappa shape index (κ2) is 8.74. The Morgan fingerprint density at radius 2 is 1.76 bits per heavy atom. The van der Waals surface area contributed by atoms with Gasteiger partial charge in [-0.15, -0.1) is 0 Å². The Balaban J connectivity index is 1.54. The van der Waals surface area contributed by atoms with E-state index in [1.54, 1.807) is 6.20 Å². The third-order valence-corrected chi connectivity index (χ3v) is 5.32. The van der Waals surface area contributed by atoms with Gasteiger partial charge in [0.2, 0.25) is 5.91 Å². The third-order valence-electron chi connectivity index (χ3n) is 5.32. The van der Waals surface area contributed by atoms with Gasteiger partial charge in [0.25, 0.3) is 0 Å². The highest BCUT2D eigenvalue weighted by Gasteiger charge is 2.22. The fraction of sp³-hybridized carbons (Fsp3) is 0.200. The standard InChI is InChI=1S/C25H25N3O/c1-28-18-23(21-12-5-6-13-24(21)28)22(19-9-3-2-4-10-19)17-25(29)27-16-14-20-11-7-8-15-26-20/h2-13,15,18,22H,14,16-17H2,1H3,(H,27,29). The number of aromatic nitrogens is 2. The fourth-order valence-corrected chi connectivity index (χ4v) is 3.88. The summed E-state index contributed by atoms with van der Waals surface area (Å²) in [5.74, 6) is 0.0693. The summed E-state index contributed by atoms with van der Waals surface area (Å²) in [5, 5.41) is 4.27. The van der Waals surface area contributed by atoms with Crippen molar-refractivity contribution in [2.24, 2.45) is 7.05 Å². The zero-order valence-corrected chi connectivity index (χ0v) is 16.6. The van der Waals surface area contributed by atoms with E-state index in [1.165, 1.54) is 16.5 Å². The summed E-state index contributed by atoms with van der Waals surface area (Å²) in [6.07, 6.45) is 5.09. The first-order valence-corrected chi connectivity index (χ1v) is 9.98. The molecule has 146 valence electrons. The van der Waals surface area contributed by atoms with Crippen LogP contribution in [0.4, 0.5) is 0 Å². The van der Waals surface area contributed by atoms with Gasteiger partial charge in [0, 0.05) is 61.3 Å². The van der Waals surface area contributed by atoms with Crippen molar-refractivity contribution < 1.29 is 4.79 Å². The van der Waals surface area contributed by atoms with Crippen LogP contribution in [0.5, 0.6) is 0 Å². The van der Waals surface area contributed by atoms with E-state index in [0.29, 0.717) is 13.0 Å². The molecular formula is C25H25N3O. The van der Waals surface area contributed by atoms with Gasteiger partial charge in [-0.2, -0.15) is 0 Å². The van der Waals surface area contributed by atoms with Gasteiger partial charge in [-0.1, -0.05) is 54.6 Å². The molecule has 0 radical (unpaired) electrons. The lowest BCUT2D eigenvalue weighted by Crippen LogP contribution is -2.27. The minimum atomic E-state index is 0.0113. The molecule has 0 saturated carbocycles. The Morgan fingerprint density at radius 3 is 2.55 bits per heavy atom. The van der Waals surface area contributed by atoms with E-state index < -0.39 is 0 Å². The number of fused-ring (bicyclic) bond motifs is 1. The molecule has 0 aliphatic heterocycles. The second-order valence-electron chi connectivity index (χ2n) is 7.30. The van der Waals surface area contributed by atoms with Gasteiger partial charge in [0.15, 0.2) is 0 Å². The first-order valence-electron chi connectivity index (χ1n) is 9.98. The first-order chi connectivity index (χ1) is 14.2. The SMILES string of the molecule is Cn1cc(C(CC(=O)NCCc2ccccn2)c2ccccc2)c2ccccc21. The first kappa shape index (κ1) is 18.9. The van der Waals surface area contributed by atoms with Crippen LogP contribution in [0.25, 0.3) is 10.9 Å². The maximum absolute atomic E-state index is 12.8. The number of aryl methyl sites for hydroxylation is 1. The molecular weight excluding hydrogens is 358 g/mol. The minimum Gasteiger partial charge on any atom is -0.356 e. The van der Waals surface area contributed by atoms with Crippen molar-refractivity contribution >= 4 is 16.8 Å². The number of carbonyl (C=O) groups is 1. The number of nitrogens with one attached hydrogen (secondary N) is 1. The summed E-state index contributed by atoms with van der Waals surface area (Å²) < 4.78 is 2.14. The Morgan fingerprint density at radius 1 is 1.00 bits per heavy atom. The minimum absolute atomic E-state index is 0.0113. The van der Waals surface area contributed by atoms with Crippen molar-refractivity contribution in [2.45, 2.75) is 18.8 Å². The molecule has 4 rings (SSSR count). The molecule has 0 saturated heterocycles. The van der Waals surface area contributed by atoms with Gasteiger partial charge in [-0.25, -0.2) is 0 Å². The molecule has 0 spiro atoms. The maximum atomic E-state index is 12.8. The Bertz CT molecular complexity index is 1090. The van der Waals surface area contributed by atoms with Crippen LogP contribution in [0.3, 0.4) is 0 Å². The van der Waals surface area contributed by atoms with Crippen molar-refractivity contribution in [2.75, 3.05) is 6.54 Å². The van der Waals surface area contributed by atoms with Gasteiger partial charge >= 0.3 is 0 Å². The van der Waals surface area contributed by atoms with Crippen molar-refractivity contribution in [3.8, 4) is 0 Å². The van der Waals surface area contributed by atoms with Crippen LogP contribution in [0.1, 0.15) is 29.2 Å². The molecule has 29 heavy (non-hydrogen) atoms. The number of benzene rings is 2. The van der Waals surface area contributed by atoms with Gasteiger partial charge < -0.3 is 9.88 Å². The average Bonchev–Trinajstić information content (AvgIpc) is 3.10. The predicted molar refractivity (Wildman–Crippen MR) is 117 cm³/mol. The third kappa shape index (κ3) is 4.37. The monoisotopic (exact) mass is 383 g/mol. The Hall–Kier alpha value is -3.40. The van der Waals surface area contributed by atoms with E-state index in [9.17, 15) is 4.79 Å². The van der Waals surface area contributed by atoms with Crippen LogP contribution in [-0.2, 0) is 18.3 Å². The molecule has 1 atom stereocenters. The molecule has 0 bridgehead atoms. The van der Waals surface area contributed by atoms with Crippen LogP contribution in [0.2, 0.25) is 0 Å². The number of pyridine rings is 1. The molecule has 0 aliphatic carbocycles. The topological polar surface area (TPSA) is 46.9 Å². The molecule has 4 aromatic rings. The normalized spacial score (nSPS) is 12.0. The fourth-order valence-electron chi connectivity index (χ4n) is 3.88. The lowest BCUT2D eigenvalue weighted by Gasteiger charge is -2.17. The van der Waals surface area contributed by atoms with Crippen LogP contribution in [-0.4, -0.2) is 22.0 Å². The lowest BCUT2D eigenvalue weighted by atomic mass is 9.88. The second-order valence-corrected chi connectivity index (χ2v) is 7.30. The van der Waals surface area contributed by atoms with Crippen LogP contribution >= 0.6 is 0 Å². The van der Waals surface area contributed by atoms with Gasteiger partial charge in [0.1, 0.15) is 0 Å². The van der Waals surface area contributed by atoms with E-state index in [0.717, 1.165) is 17.7 Å². The number of nitrogens with zero attached hydrogens (tertiary/aromatic N) is 2. The highest BCUT2D eigenvalue weighted by Crippen LogP contribution is 2.34. The highest BCUT2D eigenvalue weighted by atomic mass is 16.1. The van der Waals surface area contributed by atoms with Crippen LogP contribution in [0.15, 0.2) is 85.2 Å². The summed E-state index contributed by atoms with van der Waals surface area (Å²) >= 11 is 0. The number of hydrogen-bond acceptors (Lipinski definition) is 2. The number of carbonyl (C=O) groups excluding carboxylic acids is 1. The molecule has 4 nitrogen and oxygen atoms in total. The van der Waals surface area contributed by atoms with Crippen molar-refractivity contribution in [3.05, 3.63) is 102 Å². The summed E-state index contributed by atoms with van der Waals surface area (Å²) in [7, 11) is 2.06. The van der Waals surface area contributed by atoms with Gasteiger partial charge in [0.05, 0.1) is 0 Å². The van der Waals surface area contributed by atoms with Gasteiger partial charge in [-0.05, 0) is 29.3 Å². The number of para-hydroxylation sites is 1. The molecule has 4 heteroatoms. The number of rotatable bonds is 7. The Labute approximate surface area is 171 Å². The van der Waals surface area contributed by atoms with E-state index in [1.807, 2.05) is 42.5 Å². The van der Waals surface area contributed by atoms with E-state index >= 15 is 0 Å². The summed E-state index contributed by atoms with van der Waals surface area (Å²) in [6.45, 7) is 0.590. The lowest BCUT2D eigenvalue weighted by molar-refractivity contribution is -0.121. The summed E-state index contributed by atoms with van der Waals surface area (Å²) in [4.78, 5) is 17.1. The summed E-state index contributed by atoms with van der Waals surface area (Å²) in [6, 6.07) is 24.5. The zero-order valence-electron chi connectivity index (χ0n) is 16.6. The molecule has 1 N–H and O–H groups in total. The summed E-state index contributed by atoms with van der Waals surface area (Å²) in [5.41, 5.74) is 4.51. The van der Waals surface area contributed by atoms with Crippen LogP contribution in [0, 0.1) is 0 Å². The quantitative estimate of drug-likeness (QED) is 0.512. The van der Waals surface area contributed by atoms with E-state index in [4.69, 9.17) is 0 Å². The molecule has 0 aliphatic rings. The van der Waals surface area contributed by atoms with Gasteiger partial charge in [-0.3, -0.25) is 9.78 Å².